The first kappa shape index (κ1) is 21.5. The van der Waals surface area contributed by atoms with Gasteiger partial charge in [0.25, 0.3) is 0 Å². The van der Waals surface area contributed by atoms with Crippen molar-refractivity contribution in [1.29, 1.82) is 5.26 Å². The number of para-hydroxylation sites is 1. The standard InChI is InChI=1S/C27H24N4O3/c1-16-11-13-18(14-12-16)31-27(33-19-7-4-3-5-8-19)23(17(2)30-31)24-20(15-28)26(29)34-22-10-6-9-21(32)25(22)24/h3-5,7-8,11-14,24H,6,9-10,29H2,1-2H3. The number of rotatable bonds is 4. The van der Waals surface area contributed by atoms with E-state index in [1.165, 1.54) is 0 Å². The van der Waals surface area contributed by atoms with Gasteiger partial charge < -0.3 is 15.2 Å². The number of benzene rings is 2. The van der Waals surface area contributed by atoms with Gasteiger partial charge in [-0.2, -0.15) is 10.4 Å². The summed E-state index contributed by atoms with van der Waals surface area (Å²) < 4.78 is 13.9. The van der Waals surface area contributed by atoms with E-state index < -0.39 is 5.92 Å². The van der Waals surface area contributed by atoms with Crippen molar-refractivity contribution in [2.75, 3.05) is 0 Å². The third kappa shape index (κ3) is 3.63. The molecule has 2 heterocycles. The smallest absolute Gasteiger partial charge is 0.227 e. The van der Waals surface area contributed by atoms with Gasteiger partial charge in [0.2, 0.25) is 11.8 Å². The molecule has 1 atom stereocenters. The van der Waals surface area contributed by atoms with E-state index in [2.05, 4.69) is 6.07 Å². The van der Waals surface area contributed by atoms with Gasteiger partial charge in [0.05, 0.1) is 22.9 Å². The Morgan fingerprint density at radius 1 is 1.12 bits per heavy atom. The minimum absolute atomic E-state index is 0.0223. The normalized spacial score (nSPS) is 17.8. The molecule has 1 aliphatic heterocycles. The maximum Gasteiger partial charge on any atom is 0.227 e. The minimum Gasteiger partial charge on any atom is -0.444 e. The number of aromatic nitrogens is 2. The highest BCUT2D eigenvalue weighted by atomic mass is 16.5. The zero-order chi connectivity index (χ0) is 23.8. The molecule has 7 heteroatoms. The molecular weight excluding hydrogens is 428 g/mol. The molecule has 170 valence electrons. The van der Waals surface area contributed by atoms with E-state index in [0.717, 1.165) is 11.3 Å². The predicted octanol–water partition coefficient (Wildman–Crippen LogP) is 5.10. The fourth-order valence-electron chi connectivity index (χ4n) is 4.55. The lowest BCUT2D eigenvalue weighted by molar-refractivity contribution is -0.116. The monoisotopic (exact) mass is 452 g/mol. The number of hydrogen-bond donors (Lipinski definition) is 1. The molecule has 2 aliphatic rings. The number of Topliss-reactive ketones (excluding diaryl/α,β-unsaturated/α-hetero) is 1. The van der Waals surface area contributed by atoms with Crippen LogP contribution in [0.15, 0.2) is 77.4 Å². The average molecular weight is 453 g/mol. The number of carbonyl (C=O) groups is 1. The second kappa shape index (κ2) is 8.56. The number of allylic oxidation sites excluding steroid dienone is 3. The number of ketones is 1. The van der Waals surface area contributed by atoms with Crippen molar-refractivity contribution >= 4 is 5.78 Å². The van der Waals surface area contributed by atoms with Crippen molar-refractivity contribution in [2.45, 2.75) is 39.0 Å². The van der Waals surface area contributed by atoms with Crippen LogP contribution in [0.1, 0.15) is 42.0 Å². The number of carbonyl (C=O) groups excluding carboxylic acids is 1. The number of nitrogens with zero attached hydrogens (tertiary/aromatic N) is 3. The van der Waals surface area contributed by atoms with Crippen molar-refractivity contribution < 1.29 is 14.3 Å². The lowest BCUT2D eigenvalue weighted by Gasteiger charge is -2.31. The van der Waals surface area contributed by atoms with E-state index in [9.17, 15) is 10.1 Å². The van der Waals surface area contributed by atoms with E-state index in [1.54, 1.807) is 4.68 Å². The Hall–Kier alpha value is -4.31. The lowest BCUT2D eigenvalue weighted by Crippen LogP contribution is -2.27. The van der Waals surface area contributed by atoms with Gasteiger partial charge in [-0.15, -0.1) is 0 Å². The molecule has 0 radical (unpaired) electrons. The second-order valence-electron chi connectivity index (χ2n) is 8.51. The molecule has 3 aromatic rings. The maximum absolute atomic E-state index is 13.1. The fraction of sp³-hybridized carbons (Fsp3) is 0.222. The molecule has 0 bridgehead atoms. The van der Waals surface area contributed by atoms with Gasteiger partial charge in [0, 0.05) is 18.4 Å². The first-order chi connectivity index (χ1) is 16.5. The zero-order valence-corrected chi connectivity index (χ0v) is 19.0. The Balaban J connectivity index is 1.77. The quantitative estimate of drug-likeness (QED) is 0.591. The van der Waals surface area contributed by atoms with Crippen molar-refractivity contribution in [3.8, 4) is 23.4 Å². The van der Waals surface area contributed by atoms with Crippen LogP contribution in [0.25, 0.3) is 5.69 Å². The van der Waals surface area contributed by atoms with E-state index in [1.807, 2.05) is 68.4 Å². The molecule has 5 rings (SSSR count). The van der Waals surface area contributed by atoms with Crippen LogP contribution in [0.5, 0.6) is 11.6 Å². The zero-order valence-electron chi connectivity index (χ0n) is 19.0. The molecule has 7 nitrogen and oxygen atoms in total. The van der Waals surface area contributed by atoms with Crippen LogP contribution in [-0.2, 0) is 9.53 Å². The Morgan fingerprint density at radius 2 is 1.85 bits per heavy atom. The van der Waals surface area contributed by atoms with Gasteiger partial charge in [0.1, 0.15) is 23.2 Å². The molecule has 2 aromatic carbocycles. The highest BCUT2D eigenvalue weighted by molar-refractivity contribution is 5.99. The molecule has 1 aromatic heterocycles. The average Bonchev–Trinajstić information content (AvgIpc) is 3.14. The Labute approximate surface area is 197 Å². The molecule has 34 heavy (non-hydrogen) atoms. The summed E-state index contributed by atoms with van der Waals surface area (Å²) in [6, 6.07) is 19.5. The van der Waals surface area contributed by atoms with E-state index >= 15 is 0 Å². The molecule has 0 spiro atoms. The lowest BCUT2D eigenvalue weighted by atomic mass is 9.77. The van der Waals surface area contributed by atoms with Gasteiger partial charge in [-0.25, -0.2) is 4.68 Å². The third-order valence-electron chi connectivity index (χ3n) is 6.19. The number of hydrogen-bond acceptors (Lipinski definition) is 6. The Morgan fingerprint density at radius 3 is 2.56 bits per heavy atom. The van der Waals surface area contributed by atoms with Crippen LogP contribution in [-0.4, -0.2) is 15.6 Å². The summed E-state index contributed by atoms with van der Waals surface area (Å²) in [5.41, 5.74) is 10.0. The minimum atomic E-state index is -0.709. The van der Waals surface area contributed by atoms with Crippen LogP contribution in [0.4, 0.5) is 0 Å². The number of aryl methyl sites for hydroxylation is 2. The fourth-order valence-corrected chi connectivity index (χ4v) is 4.55. The van der Waals surface area contributed by atoms with Crippen LogP contribution >= 0.6 is 0 Å². The van der Waals surface area contributed by atoms with Gasteiger partial charge in [0.15, 0.2) is 5.78 Å². The summed E-state index contributed by atoms with van der Waals surface area (Å²) in [5.74, 6) is 0.855. The van der Waals surface area contributed by atoms with E-state index in [0.29, 0.717) is 53.5 Å². The third-order valence-corrected chi connectivity index (χ3v) is 6.19. The van der Waals surface area contributed by atoms with Crippen LogP contribution < -0.4 is 10.5 Å². The van der Waals surface area contributed by atoms with Crippen LogP contribution in [0, 0.1) is 25.2 Å². The number of nitrogens with two attached hydrogens (primary N) is 1. The molecule has 0 saturated heterocycles. The molecule has 1 aliphatic carbocycles. The largest absolute Gasteiger partial charge is 0.444 e. The highest BCUT2D eigenvalue weighted by Gasteiger charge is 2.42. The van der Waals surface area contributed by atoms with Gasteiger partial charge in [-0.3, -0.25) is 4.79 Å². The van der Waals surface area contributed by atoms with Crippen molar-refractivity contribution in [3.05, 3.63) is 94.2 Å². The SMILES string of the molecule is Cc1ccc(-n2nc(C)c(C3C(C#N)=C(N)OC4=C3C(=O)CCC4)c2Oc2ccccc2)cc1. The maximum atomic E-state index is 13.1. The highest BCUT2D eigenvalue weighted by Crippen LogP contribution is 2.48. The van der Waals surface area contributed by atoms with Crippen molar-refractivity contribution in [3.63, 3.8) is 0 Å². The van der Waals surface area contributed by atoms with Crippen molar-refractivity contribution in [2.24, 2.45) is 5.73 Å². The topological polar surface area (TPSA) is 103 Å². The second-order valence-corrected chi connectivity index (χ2v) is 8.51. The number of ether oxygens (including phenoxy) is 2. The van der Waals surface area contributed by atoms with Gasteiger partial charge >= 0.3 is 0 Å². The molecule has 2 N–H and O–H groups in total. The Bertz CT molecular complexity index is 1380. The number of nitriles is 1. The van der Waals surface area contributed by atoms with Crippen LogP contribution in [0.3, 0.4) is 0 Å². The molecule has 1 unspecified atom stereocenters. The van der Waals surface area contributed by atoms with Crippen LogP contribution in [0.2, 0.25) is 0 Å². The van der Waals surface area contributed by atoms with Gasteiger partial charge in [-0.05, 0) is 44.5 Å². The molecule has 0 fully saturated rings. The Kier molecular flexibility index (Phi) is 5.42. The summed E-state index contributed by atoms with van der Waals surface area (Å²) in [6.45, 7) is 3.87. The summed E-state index contributed by atoms with van der Waals surface area (Å²) >= 11 is 0. The molecule has 0 amide bonds. The van der Waals surface area contributed by atoms with Crippen molar-refractivity contribution in [1.82, 2.24) is 9.78 Å². The van der Waals surface area contributed by atoms with E-state index in [4.69, 9.17) is 20.3 Å². The first-order valence-electron chi connectivity index (χ1n) is 11.2. The predicted molar refractivity (Wildman–Crippen MR) is 126 cm³/mol. The van der Waals surface area contributed by atoms with Gasteiger partial charge in [-0.1, -0.05) is 35.9 Å². The summed E-state index contributed by atoms with van der Waals surface area (Å²) in [5, 5.41) is 14.8. The first-order valence-corrected chi connectivity index (χ1v) is 11.2. The molecule has 0 saturated carbocycles. The summed E-state index contributed by atoms with van der Waals surface area (Å²) in [4.78, 5) is 13.1. The van der Waals surface area contributed by atoms with E-state index in [-0.39, 0.29) is 17.2 Å². The molecular formula is C27H24N4O3. The summed E-state index contributed by atoms with van der Waals surface area (Å²) in [6.07, 6.45) is 1.68. The summed E-state index contributed by atoms with van der Waals surface area (Å²) in [7, 11) is 0.